The van der Waals surface area contributed by atoms with Gasteiger partial charge in [-0.15, -0.1) is 12.8 Å². The summed E-state index contributed by atoms with van der Waals surface area (Å²) < 4.78 is 12.1. The molecule has 0 heterocycles. The lowest BCUT2D eigenvalue weighted by Crippen LogP contribution is -2.18. The first kappa shape index (κ1) is 38.6. The van der Waals surface area contributed by atoms with Crippen LogP contribution in [0.3, 0.4) is 0 Å². The summed E-state index contributed by atoms with van der Waals surface area (Å²) in [5.74, 6) is 3.39. The lowest BCUT2D eigenvalue weighted by Gasteiger charge is -2.26. The fraction of sp³-hybridized carbons (Fsp3) is 0.0638. The standard InChI is InChI=1S/C47H34N2O8/c1-5-29-7-25-39(41(27-29)45(52)53)43(50)48-33-13-21-37(22-14-33)56-35-17-9-31(10-18-35)47(3,4)32-11-19-36(20-12-32)57-38-23-15-34(16-24-38)49-44(51)40-26-8-30(6-2)28-42(40)46(54)55/h1-2,7-28H,3-4H3,(H,48,50)(H,49,51)(H,52,53)(H,54,55). The number of ether oxygens (including phenoxy) is 2. The Labute approximate surface area is 328 Å². The van der Waals surface area contributed by atoms with Gasteiger partial charge in [-0.1, -0.05) is 50.0 Å². The van der Waals surface area contributed by atoms with Crippen molar-refractivity contribution in [1.29, 1.82) is 0 Å². The molecule has 10 heteroatoms. The molecule has 6 aromatic rings. The molecule has 10 nitrogen and oxygen atoms in total. The molecule has 0 bridgehead atoms. The molecule has 6 aromatic carbocycles. The van der Waals surface area contributed by atoms with Crippen LogP contribution in [-0.2, 0) is 5.41 Å². The molecular weight excluding hydrogens is 721 g/mol. The minimum absolute atomic E-state index is 0.00702. The smallest absolute Gasteiger partial charge is 0.336 e. The SMILES string of the molecule is C#Cc1ccc(C(=O)Nc2ccc(Oc3ccc(C(C)(C)c4ccc(Oc5ccc(NC(=O)c6ccc(C#C)cc6C(=O)O)cc5)cc4)cc3)cc2)c(C(=O)O)c1. The number of amides is 2. The van der Waals surface area contributed by atoms with Crippen LogP contribution in [-0.4, -0.2) is 34.0 Å². The molecule has 6 rings (SSSR count). The summed E-state index contributed by atoms with van der Waals surface area (Å²) in [6.45, 7) is 4.23. The maximum Gasteiger partial charge on any atom is 0.336 e. The third-order valence-corrected chi connectivity index (χ3v) is 9.17. The Morgan fingerprint density at radius 2 is 0.807 bits per heavy atom. The van der Waals surface area contributed by atoms with Crippen LogP contribution in [0.15, 0.2) is 133 Å². The van der Waals surface area contributed by atoms with Gasteiger partial charge in [0.15, 0.2) is 0 Å². The second kappa shape index (κ2) is 16.5. The molecule has 0 aromatic heterocycles. The van der Waals surface area contributed by atoms with Gasteiger partial charge in [0.05, 0.1) is 22.3 Å². The monoisotopic (exact) mass is 754 g/mol. The van der Waals surface area contributed by atoms with Crippen molar-refractivity contribution < 1.29 is 38.9 Å². The largest absolute Gasteiger partial charge is 0.478 e. The third-order valence-electron chi connectivity index (χ3n) is 9.17. The number of hydrogen-bond acceptors (Lipinski definition) is 6. The van der Waals surface area contributed by atoms with E-state index in [0.29, 0.717) is 45.5 Å². The van der Waals surface area contributed by atoms with Crippen LogP contribution in [0.2, 0.25) is 0 Å². The molecular formula is C47H34N2O8. The number of nitrogens with one attached hydrogen (secondary N) is 2. The quantitative estimate of drug-likeness (QED) is 0.0903. The average Bonchev–Trinajstić information content (AvgIpc) is 3.22. The van der Waals surface area contributed by atoms with E-state index in [1.54, 1.807) is 48.5 Å². The molecule has 57 heavy (non-hydrogen) atoms. The molecule has 0 aliphatic carbocycles. The van der Waals surface area contributed by atoms with Crippen LogP contribution < -0.4 is 20.1 Å². The van der Waals surface area contributed by atoms with Gasteiger partial charge < -0.3 is 30.3 Å². The lowest BCUT2D eigenvalue weighted by atomic mass is 9.78. The van der Waals surface area contributed by atoms with Crippen molar-refractivity contribution in [2.75, 3.05) is 10.6 Å². The first-order valence-corrected chi connectivity index (χ1v) is 17.4. The highest BCUT2D eigenvalue weighted by atomic mass is 16.5. The third kappa shape index (κ3) is 9.01. The zero-order valence-corrected chi connectivity index (χ0v) is 30.7. The second-order valence-corrected chi connectivity index (χ2v) is 13.3. The zero-order valence-electron chi connectivity index (χ0n) is 30.7. The van der Waals surface area contributed by atoms with Crippen LogP contribution >= 0.6 is 0 Å². The number of rotatable bonds is 12. The lowest BCUT2D eigenvalue weighted by molar-refractivity contribution is 0.0683. The van der Waals surface area contributed by atoms with E-state index in [-0.39, 0.29) is 27.7 Å². The van der Waals surface area contributed by atoms with Crippen molar-refractivity contribution >= 4 is 35.1 Å². The first-order chi connectivity index (χ1) is 27.3. The van der Waals surface area contributed by atoms with Crippen molar-refractivity contribution in [1.82, 2.24) is 0 Å². The number of aromatic carboxylic acids is 2. The van der Waals surface area contributed by atoms with Crippen LogP contribution in [0.1, 0.15) is 77.5 Å². The van der Waals surface area contributed by atoms with Crippen LogP contribution in [0.25, 0.3) is 0 Å². The molecule has 0 aliphatic rings. The van der Waals surface area contributed by atoms with Gasteiger partial charge in [0.25, 0.3) is 11.8 Å². The Kier molecular flexibility index (Phi) is 11.2. The van der Waals surface area contributed by atoms with Crippen molar-refractivity contribution in [3.8, 4) is 47.7 Å². The van der Waals surface area contributed by atoms with Gasteiger partial charge in [0, 0.05) is 27.9 Å². The molecule has 0 spiro atoms. The molecule has 0 saturated carbocycles. The predicted molar refractivity (Wildman–Crippen MR) is 217 cm³/mol. The van der Waals surface area contributed by atoms with Crippen LogP contribution in [0.4, 0.5) is 11.4 Å². The highest BCUT2D eigenvalue weighted by Gasteiger charge is 2.24. The number of carbonyl (C=O) groups excluding carboxylic acids is 2. The Hall–Kier alpha value is -8.08. The van der Waals surface area contributed by atoms with E-state index in [2.05, 4.69) is 36.3 Å². The summed E-state index contributed by atoms with van der Waals surface area (Å²) in [5, 5.41) is 24.5. The summed E-state index contributed by atoms with van der Waals surface area (Å²) >= 11 is 0. The van der Waals surface area contributed by atoms with Gasteiger partial charge in [-0.3, -0.25) is 9.59 Å². The Morgan fingerprint density at radius 3 is 1.11 bits per heavy atom. The van der Waals surface area contributed by atoms with Gasteiger partial charge in [-0.05, 0) is 120 Å². The molecule has 280 valence electrons. The average molecular weight is 755 g/mol. The van der Waals surface area contributed by atoms with Crippen molar-refractivity contribution in [2.24, 2.45) is 0 Å². The highest BCUT2D eigenvalue weighted by molar-refractivity contribution is 6.11. The number of hydrogen-bond donors (Lipinski definition) is 4. The molecule has 0 radical (unpaired) electrons. The maximum absolute atomic E-state index is 12.8. The van der Waals surface area contributed by atoms with Crippen LogP contribution in [0, 0.1) is 24.7 Å². The summed E-state index contributed by atoms with van der Waals surface area (Å²) in [6, 6.07) is 37.3. The van der Waals surface area contributed by atoms with Gasteiger partial charge >= 0.3 is 11.9 Å². The topological polar surface area (TPSA) is 151 Å². The number of carboxylic acid groups (broad SMARTS) is 2. The molecule has 0 unspecified atom stereocenters. The van der Waals surface area contributed by atoms with Crippen LogP contribution in [0.5, 0.6) is 23.0 Å². The van der Waals surface area contributed by atoms with E-state index in [9.17, 15) is 29.4 Å². The molecule has 2 amide bonds. The summed E-state index contributed by atoms with van der Waals surface area (Å²) in [4.78, 5) is 49.0. The van der Waals surface area contributed by atoms with E-state index in [4.69, 9.17) is 22.3 Å². The summed E-state index contributed by atoms with van der Waals surface area (Å²) in [6.07, 6.45) is 10.7. The molecule has 0 fully saturated rings. The van der Waals surface area contributed by atoms with Crippen molar-refractivity contribution in [2.45, 2.75) is 19.3 Å². The van der Waals surface area contributed by atoms with E-state index in [0.717, 1.165) is 11.1 Å². The predicted octanol–water partition coefficient (Wildman–Crippen LogP) is 9.46. The fourth-order valence-corrected chi connectivity index (χ4v) is 5.95. The Bertz CT molecular complexity index is 2400. The summed E-state index contributed by atoms with van der Waals surface area (Å²) in [5.41, 5.74) is 3.01. The number of terminal acetylenes is 2. The number of carbonyl (C=O) groups is 4. The normalized spacial score (nSPS) is 10.7. The van der Waals surface area contributed by atoms with Gasteiger partial charge in [0.2, 0.25) is 0 Å². The zero-order chi connectivity index (χ0) is 40.7. The second-order valence-electron chi connectivity index (χ2n) is 13.3. The molecule has 4 N–H and O–H groups in total. The fourth-order valence-electron chi connectivity index (χ4n) is 5.95. The van der Waals surface area contributed by atoms with E-state index < -0.39 is 23.8 Å². The van der Waals surface area contributed by atoms with Gasteiger partial charge in [-0.25, -0.2) is 9.59 Å². The van der Waals surface area contributed by atoms with Crippen molar-refractivity contribution in [3.63, 3.8) is 0 Å². The van der Waals surface area contributed by atoms with E-state index in [1.807, 2.05) is 48.5 Å². The number of anilines is 2. The molecule has 0 aliphatic heterocycles. The Balaban J connectivity index is 1.04. The molecule has 0 atom stereocenters. The minimum Gasteiger partial charge on any atom is -0.478 e. The number of benzene rings is 6. The number of carboxylic acids is 2. The van der Waals surface area contributed by atoms with E-state index >= 15 is 0 Å². The first-order valence-electron chi connectivity index (χ1n) is 17.4. The highest BCUT2D eigenvalue weighted by Crippen LogP contribution is 2.35. The molecule has 0 saturated heterocycles. The maximum atomic E-state index is 12.8. The Morgan fingerprint density at radius 1 is 0.491 bits per heavy atom. The van der Waals surface area contributed by atoms with Gasteiger partial charge in [-0.2, -0.15) is 0 Å². The van der Waals surface area contributed by atoms with E-state index in [1.165, 1.54) is 36.4 Å². The van der Waals surface area contributed by atoms with Gasteiger partial charge in [0.1, 0.15) is 23.0 Å². The minimum atomic E-state index is -1.25. The van der Waals surface area contributed by atoms with Crippen molar-refractivity contribution in [3.05, 3.63) is 178 Å². The summed E-state index contributed by atoms with van der Waals surface area (Å²) in [7, 11) is 0.